The number of hydrogen-bond donors (Lipinski definition) is 1. The first-order valence-electron chi connectivity index (χ1n) is 5.42. The van der Waals surface area contributed by atoms with Crippen molar-refractivity contribution < 1.29 is 13.5 Å². The van der Waals surface area contributed by atoms with Crippen LogP contribution >= 0.6 is 0 Å². The molecule has 17 heavy (non-hydrogen) atoms. The van der Waals surface area contributed by atoms with Gasteiger partial charge in [-0.1, -0.05) is 23.6 Å². The van der Waals surface area contributed by atoms with Crippen molar-refractivity contribution in [2.24, 2.45) is 0 Å². The van der Waals surface area contributed by atoms with Crippen LogP contribution in [0, 0.1) is 18.8 Å². The summed E-state index contributed by atoms with van der Waals surface area (Å²) in [6.07, 6.45) is 1.11. The summed E-state index contributed by atoms with van der Waals surface area (Å²) in [7, 11) is -3.30. The van der Waals surface area contributed by atoms with Crippen molar-refractivity contribution in [3.8, 4) is 11.8 Å². The Labute approximate surface area is 102 Å². The molecule has 0 bridgehead atoms. The van der Waals surface area contributed by atoms with Gasteiger partial charge >= 0.3 is 0 Å². The van der Waals surface area contributed by atoms with E-state index in [1.54, 1.807) is 24.3 Å². The molecule has 3 nitrogen and oxygen atoms in total. The fourth-order valence-electron chi connectivity index (χ4n) is 1.23. The predicted molar refractivity (Wildman–Crippen MR) is 67.3 cm³/mol. The van der Waals surface area contributed by atoms with Gasteiger partial charge in [-0.15, -0.1) is 5.92 Å². The van der Waals surface area contributed by atoms with Crippen LogP contribution in [-0.4, -0.2) is 25.9 Å². The highest BCUT2D eigenvalue weighted by Gasteiger charge is 2.11. The van der Waals surface area contributed by atoms with Crippen LogP contribution in [0.25, 0.3) is 0 Å². The van der Waals surface area contributed by atoms with Crippen LogP contribution in [0.5, 0.6) is 0 Å². The first kappa shape index (κ1) is 13.8. The van der Waals surface area contributed by atoms with E-state index < -0.39 is 9.84 Å². The number of aliphatic hydroxyl groups excluding tert-OH is 1. The van der Waals surface area contributed by atoms with Crippen molar-refractivity contribution in [1.29, 1.82) is 0 Å². The molecule has 0 radical (unpaired) electrons. The Morgan fingerprint density at radius 1 is 1.18 bits per heavy atom. The van der Waals surface area contributed by atoms with Crippen molar-refractivity contribution in [1.82, 2.24) is 0 Å². The van der Waals surface area contributed by atoms with Gasteiger partial charge < -0.3 is 5.11 Å². The number of aryl methyl sites for hydroxylation is 1. The van der Waals surface area contributed by atoms with Crippen LogP contribution in [0.2, 0.25) is 0 Å². The van der Waals surface area contributed by atoms with Crippen LogP contribution in [0.1, 0.15) is 18.4 Å². The van der Waals surface area contributed by atoms with E-state index >= 15 is 0 Å². The van der Waals surface area contributed by atoms with Crippen molar-refractivity contribution in [3.63, 3.8) is 0 Å². The number of hydrogen-bond acceptors (Lipinski definition) is 3. The van der Waals surface area contributed by atoms with Gasteiger partial charge in [0.05, 0.1) is 4.90 Å². The van der Waals surface area contributed by atoms with Crippen LogP contribution < -0.4 is 0 Å². The van der Waals surface area contributed by atoms with Gasteiger partial charge in [0.15, 0.2) is 9.84 Å². The van der Waals surface area contributed by atoms with Gasteiger partial charge in [-0.2, -0.15) is 0 Å². The fourth-order valence-corrected chi connectivity index (χ4v) is 2.24. The summed E-state index contributed by atoms with van der Waals surface area (Å²) in [5, 5.41) is 8.54. The minimum Gasteiger partial charge on any atom is -0.396 e. The maximum absolute atomic E-state index is 11.8. The standard InChI is InChI=1S/C13H16O3S/c1-12-6-8-13(9-7-12)17(15,16)11-5-3-2-4-10-14/h6-9,14H,2,4,10-11H2,1H3. The normalized spacial score (nSPS) is 10.7. The molecule has 0 unspecified atom stereocenters. The smallest absolute Gasteiger partial charge is 0.189 e. The Morgan fingerprint density at radius 3 is 2.41 bits per heavy atom. The molecule has 0 amide bonds. The first-order chi connectivity index (χ1) is 8.06. The summed E-state index contributed by atoms with van der Waals surface area (Å²) in [4.78, 5) is 0.305. The van der Waals surface area contributed by atoms with Gasteiger partial charge in [-0.05, 0) is 25.5 Å². The average Bonchev–Trinajstić information content (AvgIpc) is 2.29. The van der Waals surface area contributed by atoms with Crippen LogP contribution in [0.3, 0.4) is 0 Å². The molecular weight excluding hydrogens is 236 g/mol. The average molecular weight is 252 g/mol. The van der Waals surface area contributed by atoms with E-state index in [2.05, 4.69) is 11.8 Å². The molecule has 0 aliphatic rings. The maximum atomic E-state index is 11.8. The molecule has 0 aliphatic heterocycles. The zero-order chi connectivity index (χ0) is 12.7. The van der Waals surface area contributed by atoms with Crippen molar-refractivity contribution in [3.05, 3.63) is 29.8 Å². The summed E-state index contributed by atoms with van der Waals surface area (Å²) in [5.41, 5.74) is 1.03. The second-order valence-corrected chi connectivity index (χ2v) is 5.74. The molecule has 0 saturated carbocycles. The van der Waals surface area contributed by atoms with E-state index in [0.717, 1.165) is 5.56 Å². The van der Waals surface area contributed by atoms with E-state index in [4.69, 9.17) is 5.11 Å². The second kappa shape index (κ2) is 6.43. The van der Waals surface area contributed by atoms with Crippen molar-refractivity contribution in [2.45, 2.75) is 24.7 Å². The summed E-state index contributed by atoms with van der Waals surface area (Å²) < 4.78 is 23.6. The zero-order valence-electron chi connectivity index (χ0n) is 9.81. The molecule has 1 N–H and O–H groups in total. The van der Waals surface area contributed by atoms with E-state index in [1.807, 2.05) is 6.92 Å². The highest BCUT2D eigenvalue weighted by molar-refractivity contribution is 7.91. The molecule has 0 aromatic heterocycles. The maximum Gasteiger partial charge on any atom is 0.189 e. The van der Waals surface area contributed by atoms with E-state index in [9.17, 15) is 8.42 Å². The molecule has 1 rings (SSSR count). The molecule has 0 heterocycles. The molecule has 0 saturated heterocycles. The van der Waals surface area contributed by atoms with Gasteiger partial charge in [-0.3, -0.25) is 0 Å². The lowest BCUT2D eigenvalue weighted by molar-refractivity contribution is 0.290. The Hall–Kier alpha value is -1.31. The van der Waals surface area contributed by atoms with Gasteiger partial charge in [0, 0.05) is 13.0 Å². The van der Waals surface area contributed by atoms with Gasteiger partial charge in [-0.25, -0.2) is 8.42 Å². The quantitative estimate of drug-likeness (QED) is 0.653. The lowest BCUT2D eigenvalue weighted by Gasteiger charge is -2.00. The topological polar surface area (TPSA) is 54.4 Å². The third-order valence-electron chi connectivity index (χ3n) is 2.23. The third-order valence-corrected chi connectivity index (χ3v) is 3.74. The summed E-state index contributed by atoms with van der Waals surface area (Å²) >= 11 is 0. The minimum absolute atomic E-state index is 0.0827. The summed E-state index contributed by atoms with van der Waals surface area (Å²) in [5.74, 6) is 5.19. The third kappa shape index (κ3) is 4.59. The lowest BCUT2D eigenvalue weighted by atomic mass is 10.2. The van der Waals surface area contributed by atoms with Crippen LogP contribution in [-0.2, 0) is 9.84 Å². The lowest BCUT2D eigenvalue weighted by Crippen LogP contribution is -2.04. The number of rotatable bonds is 4. The minimum atomic E-state index is -3.30. The molecule has 0 aliphatic carbocycles. The number of sulfone groups is 1. The molecule has 1 aromatic carbocycles. The second-order valence-electron chi connectivity index (χ2n) is 3.75. The van der Waals surface area contributed by atoms with E-state index in [0.29, 0.717) is 17.7 Å². The Morgan fingerprint density at radius 2 is 1.82 bits per heavy atom. The first-order valence-corrected chi connectivity index (χ1v) is 7.07. The molecule has 92 valence electrons. The summed E-state index contributed by atoms with van der Waals surface area (Å²) in [6.45, 7) is 1.99. The fraction of sp³-hybridized carbons (Fsp3) is 0.385. The highest BCUT2D eigenvalue weighted by Crippen LogP contribution is 2.11. The van der Waals surface area contributed by atoms with Crippen LogP contribution in [0.4, 0.5) is 0 Å². The molecular formula is C13H16O3S. The van der Waals surface area contributed by atoms with Gasteiger partial charge in [0.25, 0.3) is 0 Å². The Balaban J connectivity index is 2.68. The number of aliphatic hydroxyl groups is 1. The molecule has 4 heteroatoms. The van der Waals surface area contributed by atoms with Crippen molar-refractivity contribution >= 4 is 9.84 Å². The number of unbranched alkanes of at least 4 members (excludes halogenated alkanes) is 1. The predicted octanol–water partition coefficient (Wildman–Crippen LogP) is 1.54. The molecule has 0 atom stereocenters. The van der Waals surface area contributed by atoms with E-state index in [1.165, 1.54) is 0 Å². The zero-order valence-corrected chi connectivity index (χ0v) is 10.6. The van der Waals surface area contributed by atoms with Gasteiger partial charge in [0.1, 0.15) is 5.75 Å². The summed E-state index contributed by atoms with van der Waals surface area (Å²) in [6, 6.07) is 6.73. The molecule has 0 spiro atoms. The Kier molecular flexibility index (Phi) is 5.20. The molecule has 0 fully saturated rings. The van der Waals surface area contributed by atoms with Gasteiger partial charge in [0.2, 0.25) is 0 Å². The Bertz CT molecular complexity index is 504. The van der Waals surface area contributed by atoms with E-state index in [-0.39, 0.29) is 12.4 Å². The highest BCUT2D eigenvalue weighted by atomic mass is 32.2. The van der Waals surface area contributed by atoms with Crippen molar-refractivity contribution in [2.75, 3.05) is 12.4 Å². The van der Waals surface area contributed by atoms with Crippen LogP contribution in [0.15, 0.2) is 29.2 Å². The number of benzene rings is 1. The SMILES string of the molecule is Cc1ccc(S(=O)(=O)CC#CCCCO)cc1. The largest absolute Gasteiger partial charge is 0.396 e. The monoisotopic (exact) mass is 252 g/mol. The molecule has 1 aromatic rings.